The van der Waals surface area contributed by atoms with Gasteiger partial charge in [0, 0.05) is 28.2 Å². The molecule has 4 nitrogen and oxygen atoms in total. The molecule has 0 radical (unpaired) electrons. The molecule has 0 bridgehead atoms. The Kier molecular flexibility index (Phi) is 4.24. The molecule has 2 rings (SSSR count). The Balaban J connectivity index is 2.01. The van der Waals surface area contributed by atoms with Crippen LogP contribution in [0.15, 0.2) is 18.2 Å². The molecule has 0 atom stereocenters. The van der Waals surface area contributed by atoms with Gasteiger partial charge in [-0.3, -0.25) is 4.79 Å². The molecule has 0 aliphatic heterocycles. The van der Waals surface area contributed by atoms with E-state index in [1.54, 1.807) is 18.2 Å². The van der Waals surface area contributed by atoms with Gasteiger partial charge in [-0.25, -0.2) is 0 Å². The van der Waals surface area contributed by atoms with Crippen molar-refractivity contribution in [3.05, 3.63) is 23.8 Å². The fraction of sp³-hybridized carbons (Fsp3) is 0.500. The molecule has 1 aromatic carbocycles. The van der Waals surface area contributed by atoms with Crippen molar-refractivity contribution < 1.29 is 4.79 Å². The summed E-state index contributed by atoms with van der Waals surface area (Å²) in [6.07, 6.45) is 6.97. The molecule has 0 heterocycles. The molecule has 104 valence electrons. The number of carbonyl (C=O) groups is 1. The molecular formula is C14H21N3OS. The normalized spacial score (nSPS) is 17.3. The second-order valence-corrected chi connectivity index (χ2v) is 6.44. The predicted octanol–water partition coefficient (Wildman–Crippen LogP) is 2.26. The summed E-state index contributed by atoms with van der Waals surface area (Å²) in [4.78, 5) is 12.1. The summed E-state index contributed by atoms with van der Waals surface area (Å²) in [6, 6.07) is 4.97. The van der Waals surface area contributed by atoms with Crippen LogP contribution in [0.5, 0.6) is 0 Å². The van der Waals surface area contributed by atoms with E-state index in [4.69, 9.17) is 11.5 Å². The molecule has 1 aliphatic rings. The molecule has 1 saturated carbocycles. The first kappa shape index (κ1) is 14.1. The van der Waals surface area contributed by atoms with E-state index in [2.05, 4.69) is 11.6 Å². The molecule has 1 fully saturated rings. The lowest BCUT2D eigenvalue weighted by Gasteiger charge is -2.26. The van der Waals surface area contributed by atoms with Crippen molar-refractivity contribution in [1.29, 1.82) is 0 Å². The zero-order valence-electron chi connectivity index (χ0n) is 11.2. The Morgan fingerprint density at radius 2 is 1.84 bits per heavy atom. The van der Waals surface area contributed by atoms with Crippen molar-refractivity contribution in [2.45, 2.75) is 30.4 Å². The molecule has 0 saturated heterocycles. The second-order valence-electron chi connectivity index (χ2n) is 5.17. The van der Waals surface area contributed by atoms with Crippen LogP contribution < -0.4 is 16.8 Å². The number of nitrogens with one attached hydrogen (secondary N) is 1. The molecule has 5 N–H and O–H groups in total. The van der Waals surface area contributed by atoms with E-state index >= 15 is 0 Å². The SMILES string of the molecule is CSC1(CNC(=O)c2cc(N)cc(N)c2)CCCC1. The smallest absolute Gasteiger partial charge is 0.251 e. The maximum Gasteiger partial charge on any atom is 0.251 e. The van der Waals surface area contributed by atoms with Gasteiger partial charge < -0.3 is 16.8 Å². The third kappa shape index (κ3) is 3.35. The Labute approximate surface area is 118 Å². The quantitative estimate of drug-likeness (QED) is 0.738. The first-order valence-corrected chi connectivity index (χ1v) is 7.76. The fourth-order valence-corrected chi connectivity index (χ4v) is 3.54. The van der Waals surface area contributed by atoms with Gasteiger partial charge in [0.2, 0.25) is 0 Å². The van der Waals surface area contributed by atoms with Gasteiger partial charge in [-0.05, 0) is 37.3 Å². The average molecular weight is 279 g/mol. The van der Waals surface area contributed by atoms with Crippen LogP contribution in [0, 0.1) is 0 Å². The van der Waals surface area contributed by atoms with Crippen LogP contribution in [0.3, 0.4) is 0 Å². The molecule has 0 spiro atoms. The molecule has 0 aromatic heterocycles. The molecule has 19 heavy (non-hydrogen) atoms. The van der Waals surface area contributed by atoms with Crippen LogP contribution in [0.4, 0.5) is 11.4 Å². The molecule has 1 aromatic rings. The first-order valence-electron chi connectivity index (χ1n) is 6.54. The third-order valence-corrected chi connectivity index (χ3v) is 5.18. The highest BCUT2D eigenvalue weighted by Crippen LogP contribution is 2.39. The molecule has 1 amide bonds. The summed E-state index contributed by atoms with van der Waals surface area (Å²) in [6.45, 7) is 0.710. The standard InChI is InChI=1S/C14H21N3OS/c1-19-14(4-2-3-5-14)9-17-13(18)10-6-11(15)8-12(16)7-10/h6-8H,2-5,9,15-16H2,1H3,(H,17,18). The number of nitrogens with two attached hydrogens (primary N) is 2. The van der Waals surface area contributed by atoms with Crippen molar-refractivity contribution in [2.75, 3.05) is 24.3 Å². The lowest BCUT2D eigenvalue weighted by atomic mass is 10.1. The number of hydrogen-bond acceptors (Lipinski definition) is 4. The maximum absolute atomic E-state index is 12.1. The van der Waals surface area contributed by atoms with Gasteiger partial charge in [0.15, 0.2) is 0 Å². The van der Waals surface area contributed by atoms with Gasteiger partial charge >= 0.3 is 0 Å². The van der Waals surface area contributed by atoms with E-state index in [1.165, 1.54) is 25.7 Å². The summed E-state index contributed by atoms with van der Waals surface area (Å²) < 4.78 is 0.210. The van der Waals surface area contributed by atoms with Gasteiger partial charge in [0.25, 0.3) is 5.91 Å². The van der Waals surface area contributed by atoms with Gasteiger partial charge in [-0.1, -0.05) is 12.8 Å². The number of anilines is 2. The minimum Gasteiger partial charge on any atom is -0.399 e. The van der Waals surface area contributed by atoms with Crippen LogP contribution >= 0.6 is 11.8 Å². The first-order chi connectivity index (χ1) is 9.04. The molecule has 0 unspecified atom stereocenters. The number of thioether (sulfide) groups is 1. The summed E-state index contributed by atoms with van der Waals surface area (Å²) >= 11 is 1.86. The Morgan fingerprint density at radius 1 is 1.26 bits per heavy atom. The minimum absolute atomic E-state index is 0.0978. The highest BCUT2D eigenvalue weighted by Gasteiger charge is 2.33. The Hall–Kier alpha value is -1.36. The Bertz CT molecular complexity index is 450. The molecule has 1 aliphatic carbocycles. The second kappa shape index (κ2) is 5.74. The van der Waals surface area contributed by atoms with E-state index in [9.17, 15) is 4.79 Å². The van der Waals surface area contributed by atoms with Crippen molar-refractivity contribution in [3.63, 3.8) is 0 Å². The predicted molar refractivity (Wildman–Crippen MR) is 82.3 cm³/mol. The highest BCUT2D eigenvalue weighted by molar-refractivity contribution is 8.00. The van der Waals surface area contributed by atoms with Crippen LogP contribution in [0.2, 0.25) is 0 Å². The zero-order valence-corrected chi connectivity index (χ0v) is 12.1. The average Bonchev–Trinajstić information content (AvgIpc) is 2.84. The third-order valence-electron chi connectivity index (χ3n) is 3.76. The number of rotatable bonds is 4. The van der Waals surface area contributed by atoms with Crippen molar-refractivity contribution in [3.8, 4) is 0 Å². The summed E-state index contributed by atoms with van der Waals surface area (Å²) in [5.41, 5.74) is 13.0. The monoisotopic (exact) mass is 279 g/mol. The van der Waals surface area contributed by atoms with Crippen LogP contribution in [-0.2, 0) is 0 Å². The number of hydrogen-bond donors (Lipinski definition) is 3. The number of carbonyl (C=O) groups excluding carboxylic acids is 1. The Morgan fingerprint density at radius 3 is 2.37 bits per heavy atom. The van der Waals surface area contributed by atoms with E-state index in [1.807, 2.05) is 11.8 Å². The van der Waals surface area contributed by atoms with Crippen molar-refractivity contribution in [2.24, 2.45) is 0 Å². The van der Waals surface area contributed by atoms with Gasteiger partial charge in [-0.15, -0.1) is 0 Å². The van der Waals surface area contributed by atoms with Crippen molar-refractivity contribution in [1.82, 2.24) is 5.32 Å². The topological polar surface area (TPSA) is 81.1 Å². The maximum atomic E-state index is 12.1. The summed E-state index contributed by atoms with van der Waals surface area (Å²) in [5, 5.41) is 3.02. The summed E-state index contributed by atoms with van der Waals surface area (Å²) in [7, 11) is 0. The fourth-order valence-electron chi connectivity index (χ4n) is 2.62. The van der Waals surface area contributed by atoms with E-state index in [0.29, 0.717) is 23.5 Å². The van der Waals surface area contributed by atoms with E-state index in [-0.39, 0.29) is 10.7 Å². The van der Waals surface area contributed by atoms with Crippen LogP contribution in [-0.4, -0.2) is 23.5 Å². The summed E-state index contributed by atoms with van der Waals surface area (Å²) in [5.74, 6) is -0.0978. The largest absolute Gasteiger partial charge is 0.399 e. The lowest BCUT2D eigenvalue weighted by Crippen LogP contribution is -2.38. The van der Waals surface area contributed by atoms with Crippen LogP contribution in [0.1, 0.15) is 36.0 Å². The van der Waals surface area contributed by atoms with Crippen LogP contribution in [0.25, 0.3) is 0 Å². The van der Waals surface area contributed by atoms with E-state index in [0.717, 1.165) is 0 Å². The van der Waals surface area contributed by atoms with Gasteiger partial charge in [0.1, 0.15) is 0 Å². The van der Waals surface area contributed by atoms with Crippen molar-refractivity contribution >= 4 is 29.0 Å². The van der Waals surface area contributed by atoms with Gasteiger partial charge in [0.05, 0.1) is 0 Å². The lowest BCUT2D eigenvalue weighted by molar-refractivity contribution is 0.0949. The number of amides is 1. The highest BCUT2D eigenvalue weighted by atomic mass is 32.2. The zero-order chi connectivity index (χ0) is 13.9. The van der Waals surface area contributed by atoms with E-state index < -0.39 is 0 Å². The number of nitrogen functional groups attached to an aromatic ring is 2. The molecular weight excluding hydrogens is 258 g/mol. The van der Waals surface area contributed by atoms with Gasteiger partial charge in [-0.2, -0.15) is 11.8 Å². The number of benzene rings is 1. The minimum atomic E-state index is -0.0978. The molecule has 5 heteroatoms.